The zero-order valence-electron chi connectivity index (χ0n) is 47.5. The van der Waals surface area contributed by atoms with Gasteiger partial charge in [0, 0.05) is 19.3 Å². The predicted octanol–water partition coefficient (Wildman–Crippen LogP) is 15.6. The molecule has 432 valence electrons. The molecule has 12 nitrogen and oxygen atoms in total. The maximum absolute atomic E-state index is 13.1. The number of carbonyl (C=O) groups is 4. The van der Waals surface area contributed by atoms with Gasteiger partial charge in [-0.2, -0.15) is 0 Å². The fourth-order valence-corrected chi connectivity index (χ4v) is 8.98. The van der Waals surface area contributed by atoms with Gasteiger partial charge in [0.15, 0.2) is 24.6 Å². The molecular formula is C63H108O12. The zero-order valence-corrected chi connectivity index (χ0v) is 47.5. The molecule has 0 amide bonds. The van der Waals surface area contributed by atoms with Crippen molar-refractivity contribution in [3.63, 3.8) is 0 Å². The quantitative estimate of drug-likeness (QED) is 0.0228. The summed E-state index contributed by atoms with van der Waals surface area (Å²) in [4.78, 5) is 51.0. The Kier molecular flexibility index (Phi) is 47.4. The second-order valence-corrected chi connectivity index (χ2v) is 20.6. The molecule has 75 heavy (non-hydrogen) atoms. The molecule has 0 aliphatic carbocycles. The summed E-state index contributed by atoms with van der Waals surface area (Å²) in [5.41, 5.74) is 0. The van der Waals surface area contributed by atoms with Crippen molar-refractivity contribution in [1.82, 2.24) is 0 Å². The third-order valence-corrected chi connectivity index (χ3v) is 13.6. The highest BCUT2D eigenvalue weighted by atomic mass is 16.7. The Morgan fingerprint density at radius 2 is 0.840 bits per heavy atom. The number of carboxylic acid groups (broad SMARTS) is 1. The van der Waals surface area contributed by atoms with Crippen LogP contribution in [0.5, 0.6) is 0 Å². The molecule has 0 saturated carbocycles. The SMILES string of the molecule is CC/C=C\C/C=C\C/C=C\C/C=C\C/C=C\CCCCCC(=O)OCC(COC1OC(C(=O)O)C(O)C(O)C1OC(=O)CCCCCCCCCCCCCCCCCCC)OC(=O)CCCCCCCCCCC. The first kappa shape index (κ1) is 69.4. The second kappa shape index (κ2) is 51.2. The van der Waals surface area contributed by atoms with Gasteiger partial charge in [0.05, 0.1) is 6.61 Å². The van der Waals surface area contributed by atoms with Gasteiger partial charge in [-0.25, -0.2) is 4.79 Å². The van der Waals surface area contributed by atoms with Crippen molar-refractivity contribution >= 4 is 23.9 Å². The highest BCUT2D eigenvalue weighted by Gasteiger charge is 2.50. The number of allylic oxidation sites excluding steroid dienone is 10. The molecule has 3 N–H and O–H groups in total. The molecule has 0 aromatic carbocycles. The molecule has 0 bridgehead atoms. The lowest BCUT2D eigenvalue weighted by Gasteiger charge is -2.40. The Labute approximate surface area is 456 Å². The van der Waals surface area contributed by atoms with Gasteiger partial charge in [-0.15, -0.1) is 0 Å². The second-order valence-electron chi connectivity index (χ2n) is 20.6. The van der Waals surface area contributed by atoms with Crippen molar-refractivity contribution in [3.8, 4) is 0 Å². The van der Waals surface area contributed by atoms with Crippen LogP contribution >= 0.6 is 0 Å². The van der Waals surface area contributed by atoms with Crippen molar-refractivity contribution in [2.45, 2.75) is 302 Å². The predicted molar refractivity (Wildman–Crippen MR) is 303 cm³/mol. The van der Waals surface area contributed by atoms with Crippen LogP contribution < -0.4 is 0 Å². The van der Waals surface area contributed by atoms with E-state index in [0.717, 1.165) is 96.3 Å². The molecule has 12 heteroatoms. The number of esters is 3. The van der Waals surface area contributed by atoms with Gasteiger partial charge in [-0.05, 0) is 64.2 Å². The summed E-state index contributed by atoms with van der Waals surface area (Å²) in [5.74, 6) is -3.15. The highest BCUT2D eigenvalue weighted by molar-refractivity contribution is 5.74. The molecule has 1 aliphatic rings. The molecule has 1 saturated heterocycles. The van der Waals surface area contributed by atoms with Crippen molar-refractivity contribution in [2.24, 2.45) is 0 Å². The van der Waals surface area contributed by atoms with E-state index in [9.17, 15) is 34.5 Å². The smallest absolute Gasteiger partial charge is 0.335 e. The van der Waals surface area contributed by atoms with Crippen molar-refractivity contribution < 1.29 is 58.2 Å². The number of rotatable bonds is 51. The van der Waals surface area contributed by atoms with Gasteiger partial charge >= 0.3 is 23.9 Å². The van der Waals surface area contributed by atoms with Gasteiger partial charge < -0.3 is 39.0 Å². The molecule has 6 unspecified atom stereocenters. The standard InChI is InChI=1S/C63H108O12/c1-4-7-10-13-16-19-21-23-25-27-28-30-31-33-35-38-40-43-46-49-55(64)71-52-54(73-56(65)50-47-44-41-37-18-15-12-9-6-3)53-72-63-61(59(68)58(67)60(75-63)62(69)70)74-57(66)51-48-45-42-39-36-34-32-29-26-24-22-20-17-14-11-8-5-2/h7,10,16,19,23,25,28,30,33,35,54,58-61,63,67-68H,4-6,8-9,11-15,17-18,20-22,24,26-27,29,31-32,34,36-53H2,1-3H3,(H,69,70)/b10-7-,19-16-,25-23-,30-28-,35-33-. The number of unbranched alkanes of at least 4 members (excludes halogenated alkanes) is 27. The third kappa shape index (κ3) is 41.2. The number of aliphatic carboxylic acids is 1. The summed E-state index contributed by atoms with van der Waals surface area (Å²) in [7, 11) is 0. The van der Waals surface area contributed by atoms with Crippen LogP contribution in [0.1, 0.15) is 265 Å². The minimum Gasteiger partial charge on any atom is -0.479 e. The monoisotopic (exact) mass is 1060 g/mol. The Hall–Kier alpha value is -3.58. The molecule has 0 aromatic rings. The number of carbonyl (C=O) groups excluding carboxylic acids is 3. The molecule has 0 radical (unpaired) electrons. The van der Waals surface area contributed by atoms with Crippen molar-refractivity contribution in [1.29, 1.82) is 0 Å². The van der Waals surface area contributed by atoms with Crippen LogP contribution in [-0.4, -0.2) is 89.2 Å². The third-order valence-electron chi connectivity index (χ3n) is 13.6. The lowest BCUT2D eigenvalue weighted by atomic mass is 9.98. The summed E-state index contributed by atoms with van der Waals surface area (Å²) in [6.45, 7) is 5.84. The van der Waals surface area contributed by atoms with E-state index in [2.05, 4.69) is 81.5 Å². The summed E-state index contributed by atoms with van der Waals surface area (Å²) < 4.78 is 28.4. The normalized spacial score (nSPS) is 18.5. The summed E-state index contributed by atoms with van der Waals surface area (Å²) in [5, 5.41) is 31.5. The van der Waals surface area contributed by atoms with Crippen LogP contribution in [0.3, 0.4) is 0 Å². The van der Waals surface area contributed by atoms with E-state index >= 15 is 0 Å². The van der Waals surface area contributed by atoms with E-state index in [-0.39, 0.29) is 25.9 Å². The summed E-state index contributed by atoms with van der Waals surface area (Å²) >= 11 is 0. The number of aliphatic hydroxyl groups excluding tert-OH is 2. The van der Waals surface area contributed by atoms with E-state index in [1.54, 1.807) is 0 Å². The first-order chi connectivity index (χ1) is 36.6. The number of aliphatic hydroxyl groups is 2. The fourth-order valence-electron chi connectivity index (χ4n) is 8.98. The van der Waals surface area contributed by atoms with Crippen LogP contribution in [-0.2, 0) is 42.9 Å². The van der Waals surface area contributed by atoms with Crippen LogP contribution in [0, 0.1) is 0 Å². The molecule has 1 rings (SSSR count). The van der Waals surface area contributed by atoms with Gasteiger partial charge in [0.2, 0.25) is 0 Å². The summed E-state index contributed by atoms with van der Waals surface area (Å²) in [6.07, 6.45) is 50.6. The van der Waals surface area contributed by atoms with Crippen molar-refractivity contribution in [3.05, 3.63) is 60.8 Å². The first-order valence-electron chi connectivity index (χ1n) is 30.3. The number of ether oxygens (including phenoxy) is 5. The minimum absolute atomic E-state index is 0.0609. The fraction of sp³-hybridized carbons (Fsp3) is 0.778. The highest BCUT2D eigenvalue weighted by Crippen LogP contribution is 2.26. The Bertz CT molecular complexity index is 1540. The largest absolute Gasteiger partial charge is 0.479 e. The molecule has 1 fully saturated rings. The van der Waals surface area contributed by atoms with E-state index in [1.165, 1.54) is 109 Å². The molecule has 1 heterocycles. The zero-order chi connectivity index (χ0) is 54.7. The first-order valence-corrected chi connectivity index (χ1v) is 30.3. The van der Waals surface area contributed by atoms with Crippen LogP contribution in [0.25, 0.3) is 0 Å². The average molecular weight is 1060 g/mol. The van der Waals surface area contributed by atoms with Crippen LogP contribution in [0.15, 0.2) is 60.8 Å². The Morgan fingerprint density at radius 1 is 0.453 bits per heavy atom. The van der Waals surface area contributed by atoms with Gasteiger partial charge in [-0.1, -0.05) is 242 Å². The Balaban J connectivity index is 2.64. The van der Waals surface area contributed by atoms with Gasteiger partial charge in [0.25, 0.3) is 0 Å². The molecule has 1 aliphatic heterocycles. The van der Waals surface area contributed by atoms with Gasteiger partial charge in [0.1, 0.15) is 18.8 Å². The lowest BCUT2D eigenvalue weighted by Crippen LogP contribution is -2.61. The van der Waals surface area contributed by atoms with Crippen LogP contribution in [0.2, 0.25) is 0 Å². The van der Waals surface area contributed by atoms with Crippen molar-refractivity contribution in [2.75, 3.05) is 13.2 Å². The maximum atomic E-state index is 13.1. The summed E-state index contributed by atoms with van der Waals surface area (Å²) in [6, 6.07) is 0. The molecule has 0 aromatic heterocycles. The van der Waals surface area contributed by atoms with Crippen LogP contribution in [0.4, 0.5) is 0 Å². The van der Waals surface area contributed by atoms with E-state index in [0.29, 0.717) is 19.3 Å². The lowest BCUT2D eigenvalue weighted by molar-refractivity contribution is -0.301. The Morgan fingerprint density at radius 3 is 1.28 bits per heavy atom. The van der Waals surface area contributed by atoms with E-state index in [4.69, 9.17) is 23.7 Å². The maximum Gasteiger partial charge on any atom is 0.335 e. The number of hydrogen-bond acceptors (Lipinski definition) is 11. The van der Waals surface area contributed by atoms with E-state index in [1.807, 2.05) is 0 Å². The molecule has 0 spiro atoms. The average Bonchev–Trinajstić information content (AvgIpc) is 3.39. The molecular weight excluding hydrogens is 949 g/mol. The number of hydrogen-bond donors (Lipinski definition) is 3. The van der Waals surface area contributed by atoms with E-state index < -0.39 is 67.3 Å². The minimum atomic E-state index is -1.90. The molecule has 6 atom stereocenters. The number of carboxylic acids is 1. The van der Waals surface area contributed by atoms with Gasteiger partial charge in [-0.3, -0.25) is 14.4 Å². The topological polar surface area (TPSA) is 175 Å².